The van der Waals surface area contributed by atoms with Crippen LogP contribution in [0.1, 0.15) is 18.2 Å². The van der Waals surface area contributed by atoms with Gasteiger partial charge in [0.15, 0.2) is 5.54 Å². The van der Waals surface area contributed by atoms with Gasteiger partial charge in [-0.2, -0.15) is 0 Å². The number of carbonyl (C=O) groups excluding carboxylic acids is 3. The van der Waals surface area contributed by atoms with Crippen molar-refractivity contribution in [2.24, 2.45) is 0 Å². The van der Waals surface area contributed by atoms with Crippen LogP contribution in [0.3, 0.4) is 0 Å². The molecule has 0 bridgehead atoms. The topological polar surface area (TPSA) is 91.7 Å². The van der Waals surface area contributed by atoms with Gasteiger partial charge >= 0.3 is 6.03 Å². The molecule has 1 unspecified atom stereocenters. The lowest BCUT2D eigenvalue weighted by atomic mass is 9.99. The molecule has 2 heterocycles. The van der Waals surface area contributed by atoms with Crippen LogP contribution in [-0.4, -0.2) is 35.8 Å². The molecule has 0 saturated carbocycles. The van der Waals surface area contributed by atoms with Gasteiger partial charge in [0.25, 0.3) is 5.91 Å². The van der Waals surface area contributed by atoms with Crippen molar-refractivity contribution in [3.63, 3.8) is 0 Å². The molecule has 0 aliphatic carbocycles. The van der Waals surface area contributed by atoms with Gasteiger partial charge in [-0.3, -0.25) is 14.5 Å². The van der Waals surface area contributed by atoms with Crippen LogP contribution in [0.5, 0.6) is 0 Å². The summed E-state index contributed by atoms with van der Waals surface area (Å²) in [6.07, 6.45) is 0.670. The predicted octanol–water partition coefficient (Wildman–Crippen LogP) is 2.56. The van der Waals surface area contributed by atoms with E-state index in [1.165, 1.54) is 0 Å². The summed E-state index contributed by atoms with van der Waals surface area (Å²) < 4.78 is 5.78. The number of hydrogen-bond donors (Lipinski definition) is 2. The van der Waals surface area contributed by atoms with Gasteiger partial charge < -0.3 is 15.1 Å². The molecule has 2 N–H and O–H groups in total. The third kappa shape index (κ3) is 3.59. The summed E-state index contributed by atoms with van der Waals surface area (Å²) in [5, 5.41) is 6.25. The third-order valence-electron chi connectivity index (χ3n) is 5.07. The van der Waals surface area contributed by atoms with Crippen LogP contribution < -0.4 is 10.6 Å². The summed E-state index contributed by atoms with van der Waals surface area (Å²) in [7, 11) is 0. The van der Waals surface area contributed by atoms with Gasteiger partial charge in [0.1, 0.15) is 17.9 Å². The molecule has 7 nitrogen and oxygen atoms in total. The Morgan fingerprint density at radius 1 is 1.10 bits per heavy atom. The van der Waals surface area contributed by atoms with Crippen LogP contribution in [0.4, 0.5) is 4.79 Å². The van der Waals surface area contributed by atoms with E-state index in [9.17, 15) is 14.4 Å². The number of imide groups is 1. The Labute approximate surface area is 167 Å². The summed E-state index contributed by atoms with van der Waals surface area (Å²) in [4.78, 5) is 38.5. The Morgan fingerprint density at radius 2 is 1.83 bits per heavy atom. The maximum atomic E-state index is 12.9. The van der Waals surface area contributed by atoms with E-state index in [-0.39, 0.29) is 6.54 Å². The Balaban J connectivity index is 1.41. The van der Waals surface area contributed by atoms with Gasteiger partial charge in [0, 0.05) is 11.9 Å². The largest absolute Gasteiger partial charge is 0.458 e. The average molecular weight is 391 g/mol. The number of nitrogens with one attached hydrogen (secondary N) is 2. The van der Waals surface area contributed by atoms with Crippen LogP contribution in [0.2, 0.25) is 0 Å². The van der Waals surface area contributed by atoms with E-state index in [0.717, 1.165) is 15.8 Å². The first kappa shape index (κ1) is 18.7. The number of carbonyl (C=O) groups is 3. The SMILES string of the molecule is CC1(c2cc3ccccc3o2)NC(=O)N(CC(=O)NCCc2ccccc2)C1=O. The van der Waals surface area contributed by atoms with Gasteiger partial charge in [-0.15, -0.1) is 0 Å². The first-order chi connectivity index (χ1) is 14.0. The van der Waals surface area contributed by atoms with Crippen LogP contribution in [0.15, 0.2) is 65.1 Å². The summed E-state index contributed by atoms with van der Waals surface area (Å²) in [5.74, 6) is -0.568. The summed E-state index contributed by atoms with van der Waals surface area (Å²) in [5.41, 5.74) is 0.378. The van der Waals surface area contributed by atoms with Gasteiger partial charge in [-0.1, -0.05) is 48.5 Å². The standard InChI is InChI=1S/C22H21N3O4/c1-22(18-13-16-9-5-6-10-17(16)29-18)20(27)25(21(28)24-22)14-19(26)23-12-11-15-7-3-2-4-8-15/h2-10,13H,11-12,14H2,1H3,(H,23,26)(H,24,28). The molecule has 148 valence electrons. The predicted molar refractivity (Wildman–Crippen MR) is 107 cm³/mol. The molecule has 1 aliphatic heterocycles. The molecule has 29 heavy (non-hydrogen) atoms. The maximum absolute atomic E-state index is 12.9. The van der Waals surface area contributed by atoms with Crippen molar-refractivity contribution in [3.8, 4) is 0 Å². The van der Waals surface area contributed by atoms with Gasteiger partial charge in [0.05, 0.1) is 0 Å². The van der Waals surface area contributed by atoms with E-state index in [2.05, 4.69) is 10.6 Å². The number of hydrogen-bond acceptors (Lipinski definition) is 4. The van der Waals surface area contributed by atoms with Crippen molar-refractivity contribution in [1.82, 2.24) is 15.5 Å². The molecule has 0 radical (unpaired) electrons. The molecule has 3 aromatic rings. The number of nitrogens with zero attached hydrogens (tertiary/aromatic N) is 1. The Kier molecular flexibility index (Phi) is 4.80. The van der Waals surface area contributed by atoms with Crippen molar-refractivity contribution in [3.05, 3.63) is 72.0 Å². The molecule has 1 aliphatic rings. The molecular weight excluding hydrogens is 370 g/mol. The molecular formula is C22H21N3O4. The second kappa shape index (κ2) is 7.43. The molecule has 1 saturated heterocycles. The molecule has 1 fully saturated rings. The number of para-hydroxylation sites is 1. The van der Waals surface area contributed by atoms with Crippen molar-refractivity contribution in [2.75, 3.05) is 13.1 Å². The van der Waals surface area contributed by atoms with Crippen molar-refractivity contribution in [1.29, 1.82) is 0 Å². The monoisotopic (exact) mass is 391 g/mol. The van der Waals surface area contributed by atoms with E-state index in [1.807, 2.05) is 48.5 Å². The molecule has 0 spiro atoms. The minimum atomic E-state index is -1.35. The maximum Gasteiger partial charge on any atom is 0.325 e. The smallest absolute Gasteiger partial charge is 0.325 e. The minimum absolute atomic E-state index is 0.337. The fourth-order valence-corrected chi connectivity index (χ4v) is 3.43. The highest BCUT2D eigenvalue weighted by Gasteiger charge is 2.51. The molecule has 2 aromatic carbocycles. The van der Waals surface area contributed by atoms with E-state index in [1.54, 1.807) is 19.1 Å². The highest BCUT2D eigenvalue weighted by Crippen LogP contribution is 2.32. The lowest BCUT2D eigenvalue weighted by Crippen LogP contribution is -2.43. The summed E-state index contributed by atoms with van der Waals surface area (Å²) in [6.45, 7) is 1.67. The van der Waals surface area contributed by atoms with E-state index in [0.29, 0.717) is 24.3 Å². The molecule has 1 aromatic heterocycles. The Bertz CT molecular complexity index is 1040. The number of benzene rings is 2. The summed E-state index contributed by atoms with van der Waals surface area (Å²) in [6, 6.07) is 18.2. The second-order valence-electron chi connectivity index (χ2n) is 7.18. The van der Waals surface area contributed by atoms with Crippen LogP contribution in [0.25, 0.3) is 11.0 Å². The quantitative estimate of drug-likeness (QED) is 0.632. The van der Waals surface area contributed by atoms with E-state index >= 15 is 0 Å². The van der Waals surface area contributed by atoms with Crippen molar-refractivity contribution < 1.29 is 18.8 Å². The Hall–Kier alpha value is -3.61. The molecule has 7 heteroatoms. The Morgan fingerprint density at radius 3 is 2.59 bits per heavy atom. The third-order valence-corrected chi connectivity index (χ3v) is 5.07. The molecule has 4 amide bonds. The highest BCUT2D eigenvalue weighted by atomic mass is 16.3. The summed E-state index contributed by atoms with van der Waals surface area (Å²) >= 11 is 0. The fourth-order valence-electron chi connectivity index (χ4n) is 3.43. The zero-order valence-electron chi connectivity index (χ0n) is 16.0. The van der Waals surface area contributed by atoms with Gasteiger partial charge in [0.2, 0.25) is 5.91 Å². The number of rotatable bonds is 6. The number of fused-ring (bicyclic) bond motifs is 1. The van der Waals surface area contributed by atoms with E-state index < -0.39 is 23.4 Å². The molecule has 1 atom stereocenters. The second-order valence-corrected chi connectivity index (χ2v) is 7.18. The van der Waals surface area contributed by atoms with Crippen LogP contribution in [-0.2, 0) is 21.5 Å². The van der Waals surface area contributed by atoms with Crippen molar-refractivity contribution >= 4 is 28.8 Å². The van der Waals surface area contributed by atoms with Gasteiger partial charge in [-0.05, 0) is 31.0 Å². The zero-order valence-corrected chi connectivity index (χ0v) is 16.0. The van der Waals surface area contributed by atoms with Gasteiger partial charge in [-0.25, -0.2) is 4.79 Å². The lowest BCUT2D eigenvalue weighted by molar-refractivity contribution is -0.135. The number of amides is 4. The first-order valence-corrected chi connectivity index (χ1v) is 9.41. The lowest BCUT2D eigenvalue weighted by Gasteiger charge is -2.18. The van der Waals surface area contributed by atoms with E-state index in [4.69, 9.17) is 4.42 Å². The van der Waals surface area contributed by atoms with Crippen LogP contribution >= 0.6 is 0 Å². The average Bonchev–Trinajstić information content (AvgIpc) is 3.25. The molecule has 4 rings (SSSR count). The number of furan rings is 1. The number of urea groups is 1. The normalized spacial score (nSPS) is 18.9. The fraction of sp³-hybridized carbons (Fsp3) is 0.227. The van der Waals surface area contributed by atoms with Crippen LogP contribution in [0, 0.1) is 0 Å². The van der Waals surface area contributed by atoms with Crippen molar-refractivity contribution in [2.45, 2.75) is 18.9 Å². The first-order valence-electron chi connectivity index (χ1n) is 9.41. The zero-order chi connectivity index (χ0) is 20.4. The minimum Gasteiger partial charge on any atom is -0.458 e. The highest BCUT2D eigenvalue weighted by molar-refractivity contribution is 6.09.